The van der Waals surface area contributed by atoms with Crippen LogP contribution in [0.4, 0.5) is 0 Å². The van der Waals surface area contributed by atoms with Gasteiger partial charge in [0.2, 0.25) is 11.8 Å². The number of carbonyl (C=O) groups is 2. The molecule has 5 heteroatoms. The Hall–Kier alpha value is -2.69. The molecule has 1 aromatic heterocycles. The zero-order valence-corrected chi connectivity index (χ0v) is 15.3. The Kier molecular flexibility index (Phi) is 5.66. The van der Waals surface area contributed by atoms with Gasteiger partial charge in [-0.15, -0.1) is 0 Å². The van der Waals surface area contributed by atoms with E-state index in [0.717, 1.165) is 16.7 Å². The molecule has 2 amide bonds. The van der Waals surface area contributed by atoms with Crippen LogP contribution in [-0.2, 0) is 16.1 Å². The number of rotatable bonds is 5. The van der Waals surface area contributed by atoms with Crippen molar-refractivity contribution in [1.82, 2.24) is 15.2 Å². The van der Waals surface area contributed by atoms with Gasteiger partial charge in [-0.1, -0.05) is 29.8 Å². The molecule has 26 heavy (non-hydrogen) atoms. The SMILES string of the molecule is CCN1C(=O)CC[C@@H](C(=O)NCc2ccncc2)[C@@H]1c1ccc(C)cc1. The van der Waals surface area contributed by atoms with Gasteiger partial charge in [-0.05, 0) is 43.5 Å². The summed E-state index contributed by atoms with van der Waals surface area (Å²) >= 11 is 0. The number of carbonyl (C=O) groups excluding carboxylic acids is 2. The van der Waals surface area contributed by atoms with Crippen LogP contribution in [0.25, 0.3) is 0 Å². The predicted molar refractivity (Wildman–Crippen MR) is 100 cm³/mol. The van der Waals surface area contributed by atoms with E-state index >= 15 is 0 Å². The van der Waals surface area contributed by atoms with Gasteiger partial charge in [-0.2, -0.15) is 0 Å². The molecular weight excluding hydrogens is 326 g/mol. The molecule has 2 aromatic rings. The second-order valence-corrected chi connectivity index (χ2v) is 6.75. The van der Waals surface area contributed by atoms with E-state index in [-0.39, 0.29) is 23.8 Å². The summed E-state index contributed by atoms with van der Waals surface area (Å²) in [6.45, 7) is 5.08. The van der Waals surface area contributed by atoms with Crippen molar-refractivity contribution >= 4 is 11.8 Å². The summed E-state index contributed by atoms with van der Waals surface area (Å²) in [7, 11) is 0. The third kappa shape index (κ3) is 3.93. The number of pyridine rings is 1. The first kappa shape index (κ1) is 18.1. The lowest BCUT2D eigenvalue weighted by Crippen LogP contribution is -2.47. The van der Waals surface area contributed by atoms with Gasteiger partial charge in [-0.3, -0.25) is 14.6 Å². The van der Waals surface area contributed by atoms with Crippen LogP contribution in [-0.4, -0.2) is 28.2 Å². The first-order chi connectivity index (χ1) is 12.6. The lowest BCUT2D eigenvalue weighted by molar-refractivity contribution is -0.143. The van der Waals surface area contributed by atoms with Crippen molar-refractivity contribution in [2.75, 3.05) is 6.54 Å². The average Bonchev–Trinajstić information content (AvgIpc) is 2.67. The molecule has 0 radical (unpaired) electrons. The van der Waals surface area contributed by atoms with E-state index in [1.165, 1.54) is 0 Å². The number of benzene rings is 1. The van der Waals surface area contributed by atoms with Gasteiger partial charge in [0, 0.05) is 31.9 Å². The van der Waals surface area contributed by atoms with E-state index in [4.69, 9.17) is 0 Å². The Balaban J connectivity index is 1.81. The normalized spacial score (nSPS) is 20.1. The minimum absolute atomic E-state index is 0.00154. The van der Waals surface area contributed by atoms with Crippen LogP contribution < -0.4 is 5.32 Å². The van der Waals surface area contributed by atoms with Crippen molar-refractivity contribution in [2.24, 2.45) is 5.92 Å². The Labute approximate surface area is 154 Å². The molecule has 0 bridgehead atoms. The Morgan fingerprint density at radius 3 is 2.54 bits per heavy atom. The number of likely N-dealkylation sites (tertiary alicyclic amines) is 1. The molecule has 2 atom stereocenters. The summed E-state index contributed by atoms with van der Waals surface area (Å²) in [5, 5.41) is 3.03. The van der Waals surface area contributed by atoms with Crippen molar-refractivity contribution in [3.63, 3.8) is 0 Å². The average molecular weight is 351 g/mol. The highest BCUT2D eigenvalue weighted by Crippen LogP contribution is 2.36. The highest BCUT2D eigenvalue weighted by Gasteiger charge is 2.39. The fourth-order valence-electron chi connectivity index (χ4n) is 3.60. The number of hydrogen-bond donors (Lipinski definition) is 1. The van der Waals surface area contributed by atoms with E-state index in [1.54, 1.807) is 12.4 Å². The maximum atomic E-state index is 12.9. The fourth-order valence-corrected chi connectivity index (χ4v) is 3.60. The Morgan fingerprint density at radius 1 is 1.19 bits per heavy atom. The Bertz CT molecular complexity index is 759. The molecule has 0 aliphatic carbocycles. The molecule has 136 valence electrons. The molecule has 1 aliphatic heterocycles. The van der Waals surface area contributed by atoms with Crippen molar-refractivity contribution in [1.29, 1.82) is 0 Å². The van der Waals surface area contributed by atoms with Crippen molar-refractivity contribution in [3.05, 3.63) is 65.5 Å². The topological polar surface area (TPSA) is 62.3 Å². The van der Waals surface area contributed by atoms with Crippen molar-refractivity contribution in [2.45, 2.75) is 39.3 Å². The van der Waals surface area contributed by atoms with Crippen LogP contribution in [0.3, 0.4) is 0 Å². The van der Waals surface area contributed by atoms with E-state index in [1.807, 2.05) is 55.1 Å². The Morgan fingerprint density at radius 2 is 1.88 bits per heavy atom. The minimum Gasteiger partial charge on any atom is -0.352 e. The summed E-state index contributed by atoms with van der Waals surface area (Å²) < 4.78 is 0. The summed E-state index contributed by atoms with van der Waals surface area (Å²) in [5.74, 6) is -0.119. The molecule has 1 saturated heterocycles. The molecular formula is C21H25N3O2. The third-order valence-electron chi connectivity index (χ3n) is 5.02. The number of nitrogens with one attached hydrogen (secondary N) is 1. The van der Waals surface area contributed by atoms with Crippen LogP contribution in [0.5, 0.6) is 0 Å². The van der Waals surface area contributed by atoms with Gasteiger partial charge in [0.15, 0.2) is 0 Å². The van der Waals surface area contributed by atoms with Crippen LogP contribution in [0.15, 0.2) is 48.8 Å². The van der Waals surface area contributed by atoms with E-state index in [2.05, 4.69) is 10.3 Å². The molecule has 0 spiro atoms. The molecule has 1 N–H and O–H groups in total. The maximum absolute atomic E-state index is 12.9. The lowest BCUT2D eigenvalue weighted by Gasteiger charge is -2.40. The molecule has 1 aliphatic rings. The number of aryl methyl sites for hydroxylation is 1. The second kappa shape index (κ2) is 8.13. The smallest absolute Gasteiger partial charge is 0.225 e. The molecule has 0 saturated carbocycles. The van der Waals surface area contributed by atoms with E-state index in [9.17, 15) is 9.59 Å². The van der Waals surface area contributed by atoms with Crippen molar-refractivity contribution in [3.8, 4) is 0 Å². The van der Waals surface area contributed by atoms with Crippen molar-refractivity contribution < 1.29 is 9.59 Å². The molecule has 3 rings (SSSR count). The predicted octanol–water partition coefficient (Wildman–Crippen LogP) is 3.01. The fraction of sp³-hybridized carbons (Fsp3) is 0.381. The van der Waals surface area contributed by atoms with Gasteiger partial charge < -0.3 is 10.2 Å². The first-order valence-electron chi connectivity index (χ1n) is 9.12. The third-order valence-corrected chi connectivity index (χ3v) is 5.02. The van der Waals surface area contributed by atoms with Crippen LogP contribution >= 0.6 is 0 Å². The highest BCUT2D eigenvalue weighted by atomic mass is 16.2. The van der Waals surface area contributed by atoms with E-state index < -0.39 is 0 Å². The number of aromatic nitrogens is 1. The van der Waals surface area contributed by atoms with Crippen LogP contribution in [0.2, 0.25) is 0 Å². The van der Waals surface area contributed by atoms with Gasteiger partial charge in [-0.25, -0.2) is 0 Å². The summed E-state index contributed by atoms with van der Waals surface area (Å²) in [4.78, 5) is 31.2. The number of hydrogen-bond acceptors (Lipinski definition) is 3. The second-order valence-electron chi connectivity index (χ2n) is 6.75. The monoisotopic (exact) mass is 351 g/mol. The maximum Gasteiger partial charge on any atom is 0.225 e. The number of amides is 2. The quantitative estimate of drug-likeness (QED) is 0.901. The molecule has 2 heterocycles. The van der Waals surface area contributed by atoms with Gasteiger partial charge in [0.1, 0.15) is 0 Å². The van der Waals surface area contributed by atoms with Crippen LogP contribution in [0, 0.1) is 12.8 Å². The zero-order chi connectivity index (χ0) is 18.5. The number of piperidine rings is 1. The minimum atomic E-state index is -0.239. The summed E-state index contributed by atoms with van der Waals surface area (Å²) in [5.41, 5.74) is 3.20. The standard InChI is InChI=1S/C21H25N3O2/c1-3-24-19(25)9-8-18(20(24)17-6-4-15(2)5-7-17)21(26)23-14-16-10-12-22-13-11-16/h4-7,10-13,18,20H,3,8-9,14H2,1-2H3,(H,23,26)/t18-,20+/m1/s1. The molecule has 5 nitrogen and oxygen atoms in total. The highest BCUT2D eigenvalue weighted by molar-refractivity contribution is 5.85. The van der Waals surface area contributed by atoms with E-state index in [0.29, 0.717) is 25.9 Å². The molecule has 0 unspecified atom stereocenters. The van der Waals surface area contributed by atoms with Gasteiger partial charge >= 0.3 is 0 Å². The van der Waals surface area contributed by atoms with Gasteiger partial charge in [0.25, 0.3) is 0 Å². The summed E-state index contributed by atoms with van der Waals surface area (Å²) in [6, 6.07) is 11.7. The molecule has 1 aromatic carbocycles. The number of nitrogens with zero attached hydrogens (tertiary/aromatic N) is 2. The van der Waals surface area contributed by atoms with Gasteiger partial charge in [0.05, 0.1) is 12.0 Å². The molecule has 1 fully saturated rings. The first-order valence-corrected chi connectivity index (χ1v) is 9.12. The lowest BCUT2D eigenvalue weighted by atomic mass is 9.83. The van der Waals surface area contributed by atoms with Crippen LogP contribution in [0.1, 0.15) is 42.5 Å². The largest absolute Gasteiger partial charge is 0.352 e. The summed E-state index contributed by atoms with van der Waals surface area (Å²) in [6.07, 6.45) is 4.43. The zero-order valence-electron chi connectivity index (χ0n) is 15.3.